The van der Waals surface area contributed by atoms with E-state index in [0.29, 0.717) is 0 Å². The first kappa shape index (κ1) is 35.4. The van der Waals surface area contributed by atoms with Gasteiger partial charge in [0.25, 0.3) is 0 Å². The first-order valence-electron chi connectivity index (χ1n) is 13.3. The Kier molecular flexibility index (Phi) is 10.9. The molecule has 1 saturated heterocycles. The Morgan fingerprint density at radius 2 is 1.60 bits per heavy atom. The van der Waals surface area contributed by atoms with Gasteiger partial charge in [0, 0.05) is 6.20 Å². The molecule has 0 radical (unpaired) electrons. The summed E-state index contributed by atoms with van der Waals surface area (Å²) in [5.74, 6) is -5.83. The maximum atomic E-state index is 15.6. The van der Waals surface area contributed by atoms with E-state index >= 15 is 8.78 Å². The molecule has 1 fully saturated rings. The molecule has 0 bridgehead atoms. The zero-order valence-electron chi connectivity index (χ0n) is 25.6. The highest BCUT2D eigenvalue weighted by Crippen LogP contribution is 2.39. The molecule has 2 rings (SSSR count). The van der Waals surface area contributed by atoms with Crippen LogP contribution in [-0.2, 0) is 44.6 Å². The zero-order valence-corrected chi connectivity index (χ0v) is 25.6. The highest BCUT2D eigenvalue weighted by atomic mass is 19.3. The van der Waals surface area contributed by atoms with Crippen LogP contribution in [0.2, 0.25) is 0 Å². The van der Waals surface area contributed by atoms with E-state index in [2.05, 4.69) is 10.3 Å². The van der Waals surface area contributed by atoms with Gasteiger partial charge < -0.3 is 28.4 Å². The van der Waals surface area contributed by atoms with Gasteiger partial charge in [-0.1, -0.05) is 0 Å². The van der Waals surface area contributed by atoms with Crippen LogP contribution in [0.4, 0.5) is 24.2 Å². The van der Waals surface area contributed by atoms with Crippen molar-refractivity contribution >= 4 is 30.0 Å². The molecule has 1 amide bonds. The smallest absolute Gasteiger partial charge is 0.460 e. The number of alkyl halides is 2. The summed E-state index contributed by atoms with van der Waals surface area (Å²) in [4.78, 5) is 64.5. The third kappa shape index (κ3) is 11.1. The lowest BCUT2D eigenvalue weighted by molar-refractivity contribution is -0.166. The van der Waals surface area contributed by atoms with Crippen LogP contribution in [0.5, 0.6) is 0 Å². The van der Waals surface area contributed by atoms with E-state index in [0.717, 1.165) is 10.8 Å². The normalized spacial score (nSPS) is 20.1. The number of aromatic nitrogens is 2. The standard InChI is InChI=1S/C27H39F2N3O11/c1-24(2,3)20(34)39-14-18(33)38-13-15-19(41-23(37)43-26(7,8)9)27(28,29)16(40-15)12-32-11-10-17(30-21(32)35)31-22(36)42-25(4,5)6/h10-11,15-16,19H,12-14H2,1-9H3,(H,30,31,35,36)/t15-,16+,19-/m1/s1. The quantitative estimate of drug-likeness (QED) is 0.333. The van der Waals surface area contributed by atoms with E-state index in [1.165, 1.54) is 26.8 Å². The molecular weight excluding hydrogens is 580 g/mol. The summed E-state index contributed by atoms with van der Waals surface area (Å²) in [5.41, 5.74) is -3.79. The van der Waals surface area contributed by atoms with Gasteiger partial charge in [-0.2, -0.15) is 13.8 Å². The maximum absolute atomic E-state index is 15.6. The molecule has 0 unspecified atom stereocenters. The lowest BCUT2D eigenvalue weighted by Crippen LogP contribution is -2.46. The second kappa shape index (κ2) is 13.2. The minimum atomic E-state index is -3.90. The van der Waals surface area contributed by atoms with Gasteiger partial charge in [-0.3, -0.25) is 14.7 Å². The van der Waals surface area contributed by atoms with Crippen LogP contribution in [0, 0.1) is 5.41 Å². The molecule has 1 aliphatic heterocycles. The Morgan fingerprint density at radius 3 is 2.14 bits per heavy atom. The number of esters is 2. The molecule has 14 nitrogen and oxygen atoms in total. The summed E-state index contributed by atoms with van der Waals surface area (Å²) in [5, 5.41) is 2.27. The third-order valence-electron chi connectivity index (χ3n) is 5.31. The fourth-order valence-electron chi connectivity index (χ4n) is 3.41. The Labute approximate surface area is 247 Å². The van der Waals surface area contributed by atoms with Crippen molar-refractivity contribution in [2.24, 2.45) is 5.41 Å². The molecule has 1 aliphatic rings. The van der Waals surface area contributed by atoms with Crippen LogP contribution in [-0.4, -0.2) is 82.4 Å². The van der Waals surface area contributed by atoms with Crippen molar-refractivity contribution in [3.8, 4) is 0 Å². The molecule has 2 heterocycles. The molecule has 43 heavy (non-hydrogen) atoms. The molecule has 0 saturated carbocycles. The number of amides is 1. The van der Waals surface area contributed by atoms with Crippen molar-refractivity contribution in [2.45, 2.75) is 104 Å². The van der Waals surface area contributed by atoms with Gasteiger partial charge >= 0.3 is 35.8 Å². The predicted octanol–water partition coefficient (Wildman–Crippen LogP) is 3.45. The highest BCUT2D eigenvalue weighted by Gasteiger charge is 2.62. The topological polar surface area (TPSA) is 171 Å². The zero-order chi connectivity index (χ0) is 33.0. The highest BCUT2D eigenvalue weighted by molar-refractivity contribution is 5.83. The van der Waals surface area contributed by atoms with Gasteiger partial charge in [0.2, 0.25) is 6.10 Å². The number of halogens is 2. The molecule has 0 aromatic carbocycles. The van der Waals surface area contributed by atoms with Crippen LogP contribution in [0.3, 0.4) is 0 Å². The summed E-state index contributed by atoms with van der Waals surface area (Å²) >= 11 is 0. The molecule has 1 N–H and O–H groups in total. The predicted molar refractivity (Wildman–Crippen MR) is 144 cm³/mol. The maximum Gasteiger partial charge on any atom is 0.509 e. The third-order valence-corrected chi connectivity index (χ3v) is 5.31. The Bertz CT molecular complexity index is 1250. The van der Waals surface area contributed by atoms with Gasteiger partial charge in [0.05, 0.1) is 12.0 Å². The number of anilines is 1. The molecule has 242 valence electrons. The van der Waals surface area contributed by atoms with Crippen LogP contribution in [0.15, 0.2) is 17.1 Å². The van der Waals surface area contributed by atoms with Gasteiger partial charge in [-0.05, 0) is 68.4 Å². The summed E-state index contributed by atoms with van der Waals surface area (Å²) in [6, 6.07) is 1.19. The van der Waals surface area contributed by atoms with Crippen LogP contribution in [0.25, 0.3) is 0 Å². The average molecular weight is 620 g/mol. The number of rotatable bonds is 8. The largest absolute Gasteiger partial charge is 0.509 e. The Morgan fingerprint density at radius 1 is 1.00 bits per heavy atom. The second-order valence-electron chi connectivity index (χ2n) is 12.7. The van der Waals surface area contributed by atoms with Crippen molar-refractivity contribution in [1.29, 1.82) is 0 Å². The van der Waals surface area contributed by atoms with E-state index in [1.54, 1.807) is 41.5 Å². The SMILES string of the molecule is CC(C)(C)OC(=O)Nc1ccn(C[C@@H]2O[C@H](COC(=O)COC(=O)C(C)(C)C)[C@@H](OC(=O)OC(C)(C)C)C2(F)F)c(=O)n1. The molecule has 16 heteroatoms. The van der Waals surface area contributed by atoms with Gasteiger partial charge in [-0.25, -0.2) is 19.2 Å². The fourth-order valence-corrected chi connectivity index (χ4v) is 3.41. The summed E-state index contributed by atoms with van der Waals surface area (Å²) in [7, 11) is 0. The minimum absolute atomic E-state index is 0.183. The van der Waals surface area contributed by atoms with Crippen molar-refractivity contribution in [2.75, 3.05) is 18.5 Å². The van der Waals surface area contributed by atoms with Crippen LogP contribution < -0.4 is 11.0 Å². The molecule has 0 aliphatic carbocycles. The van der Waals surface area contributed by atoms with E-state index in [-0.39, 0.29) is 5.82 Å². The number of nitrogens with one attached hydrogen (secondary N) is 1. The lowest BCUT2D eigenvalue weighted by atomic mass is 9.97. The number of nitrogens with zero attached hydrogens (tertiary/aromatic N) is 2. The van der Waals surface area contributed by atoms with Crippen molar-refractivity contribution < 1.29 is 56.4 Å². The van der Waals surface area contributed by atoms with Gasteiger partial charge in [-0.15, -0.1) is 0 Å². The van der Waals surface area contributed by atoms with Crippen LogP contribution in [0.1, 0.15) is 62.3 Å². The molecule has 1 aromatic heterocycles. The number of ether oxygens (including phenoxy) is 6. The van der Waals surface area contributed by atoms with Crippen molar-refractivity contribution in [1.82, 2.24) is 9.55 Å². The number of carbonyl (C=O) groups excluding carboxylic acids is 4. The Hall–Kier alpha value is -3.82. The molecule has 0 spiro atoms. The van der Waals surface area contributed by atoms with Crippen molar-refractivity contribution in [3.05, 3.63) is 22.7 Å². The van der Waals surface area contributed by atoms with E-state index < -0.39 is 90.5 Å². The minimum Gasteiger partial charge on any atom is -0.460 e. The van der Waals surface area contributed by atoms with E-state index in [4.69, 9.17) is 28.4 Å². The molecule has 3 atom stereocenters. The van der Waals surface area contributed by atoms with Crippen molar-refractivity contribution in [3.63, 3.8) is 0 Å². The molecular formula is C27H39F2N3O11. The monoisotopic (exact) mass is 619 g/mol. The summed E-state index contributed by atoms with van der Waals surface area (Å²) in [6.45, 7) is 11.8. The first-order chi connectivity index (χ1) is 19.5. The fraction of sp³-hybridized carbons (Fsp3) is 0.704. The number of hydrogen-bond acceptors (Lipinski definition) is 12. The van der Waals surface area contributed by atoms with Gasteiger partial charge in [0.1, 0.15) is 35.8 Å². The van der Waals surface area contributed by atoms with Gasteiger partial charge in [0.15, 0.2) is 6.61 Å². The second-order valence-corrected chi connectivity index (χ2v) is 12.7. The first-order valence-corrected chi connectivity index (χ1v) is 13.3. The lowest BCUT2D eigenvalue weighted by Gasteiger charge is -2.26. The Balaban J connectivity index is 2.19. The number of hydrogen-bond donors (Lipinski definition) is 1. The molecule has 1 aromatic rings. The number of carbonyl (C=O) groups is 4. The van der Waals surface area contributed by atoms with E-state index in [9.17, 15) is 24.0 Å². The van der Waals surface area contributed by atoms with E-state index in [1.807, 2.05) is 0 Å². The average Bonchev–Trinajstić information content (AvgIpc) is 3.03. The van der Waals surface area contributed by atoms with Crippen LogP contribution >= 0.6 is 0 Å². The summed E-state index contributed by atoms with van der Waals surface area (Å²) in [6.07, 6.45) is -7.22. The summed E-state index contributed by atoms with van der Waals surface area (Å²) < 4.78 is 62.2.